The number of rotatable bonds is 19. The summed E-state index contributed by atoms with van der Waals surface area (Å²) in [5.41, 5.74) is 0. The van der Waals surface area contributed by atoms with Crippen LogP contribution in [0, 0.1) is 0 Å². The first-order valence-electron chi connectivity index (χ1n) is 8.36. The van der Waals surface area contributed by atoms with Crippen LogP contribution in [0.5, 0.6) is 0 Å². The minimum atomic E-state index is -3.01. The quantitative estimate of drug-likeness (QED) is 0.251. The van der Waals surface area contributed by atoms with Gasteiger partial charge in [0.2, 0.25) is 0 Å². The molecule has 0 fully saturated rings. The van der Waals surface area contributed by atoms with Crippen molar-refractivity contribution in [2.24, 2.45) is 0 Å². The van der Waals surface area contributed by atoms with Crippen LogP contribution in [0.2, 0.25) is 0 Å². The highest BCUT2D eigenvalue weighted by Crippen LogP contribution is 2.47. The van der Waals surface area contributed by atoms with Crippen molar-refractivity contribution >= 4 is 7.60 Å². The van der Waals surface area contributed by atoms with E-state index in [0.717, 1.165) is 0 Å². The van der Waals surface area contributed by atoms with Gasteiger partial charge in [-0.2, -0.15) is 0 Å². The molecule has 0 heterocycles. The second-order valence-electron chi connectivity index (χ2n) is 4.61. The molecule has 0 rings (SSSR count). The van der Waals surface area contributed by atoms with Crippen LogP contribution >= 0.6 is 7.60 Å². The van der Waals surface area contributed by atoms with E-state index in [0.29, 0.717) is 72.7 Å². The van der Waals surface area contributed by atoms with E-state index in [2.05, 4.69) is 0 Å². The number of hydrogen-bond acceptors (Lipinski definition) is 8. The van der Waals surface area contributed by atoms with E-state index in [9.17, 15) is 4.57 Å². The van der Waals surface area contributed by atoms with Gasteiger partial charge in [0, 0.05) is 7.11 Å². The normalized spacial score (nSPS) is 12.0. The summed E-state index contributed by atoms with van der Waals surface area (Å²) in [6.45, 7) is 8.75. The van der Waals surface area contributed by atoms with Crippen LogP contribution in [0.15, 0.2) is 0 Å². The summed E-state index contributed by atoms with van der Waals surface area (Å²) in [6, 6.07) is 0. The predicted octanol–water partition coefficient (Wildman–Crippen LogP) is 1.97. The second-order valence-corrected chi connectivity index (χ2v) is 6.80. The molecule has 146 valence electrons. The molecule has 0 saturated heterocycles. The highest BCUT2D eigenvalue weighted by molar-refractivity contribution is 7.53. The average molecular weight is 372 g/mol. The van der Waals surface area contributed by atoms with Crippen molar-refractivity contribution in [1.29, 1.82) is 0 Å². The molecule has 0 spiro atoms. The molecule has 0 aliphatic heterocycles. The molecular weight excluding hydrogens is 339 g/mol. The van der Waals surface area contributed by atoms with Gasteiger partial charge in [-0.15, -0.1) is 0 Å². The van der Waals surface area contributed by atoms with Crippen LogP contribution in [-0.4, -0.2) is 85.9 Å². The minimum Gasteiger partial charge on any atom is -0.382 e. The van der Waals surface area contributed by atoms with Gasteiger partial charge in [-0.3, -0.25) is 4.57 Å². The molecular formula is C15H33O8P. The molecule has 0 unspecified atom stereocenters. The van der Waals surface area contributed by atoms with Crippen molar-refractivity contribution in [2.75, 3.05) is 85.9 Å². The molecule has 0 aromatic carbocycles. The molecule has 0 aliphatic carbocycles. The third kappa shape index (κ3) is 15.5. The maximum Gasteiger partial charge on any atom is 0.332 e. The Morgan fingerprint density at radius 1 is 0.625 bits per heavy atom. The molecule has 0 saturated carbocycles. The fourth-order valence-corrected chi connectivity index (χ4v) is 3.11. The Balaban J connectivity index is 3.31. The van der Waals surface area contributed by atoms with Gasteiger partial charge in [0.05, 0.1) is 78.8 Å². The van der Waals surface area contributed by atoms with Crippen molar-refractivity contribution in [3.05, 3.63) is 0 Å². The summed E-state index contributed by atoms with van der Waals surface area (Å²) < 4.78 is 48.7. The van der Waals surface area contributed by atoms with Crippen molar-refractivity contribution in [3.63, 3.8) is 0 Å². The van der Waals surface area contributed by atoms with E-state index < -0.39 is 7.60 Å². The highest BCUT2D eigenvalue weighted by atomic mass is 31.2. The molecule has 0 aromatic heterocycles. The fourth-order valence-electron chi connectivity index (χ4n) is 1.64. The summed E-state index contributed by atoms with van der Waals surface area (Å²) >= 11 is 0. The topological polar surface area (TPSA) is 81.7 Å². The number of ether oxygens (including phenoxy) is 5. The Morgan fingerprint density at radius 2 is 1.00 bits per heavy atom. The summed E-state index contributed by atoms with van der Waals surface area (Å²) in [5, 5.41) is 0. The van der Waals surface area contributed by atoms with Crippen LogP contribution in [-0.2, 0) is 37.3 Å². The Kier molecular flexibility index (Phi) is 17.7. The van der Waals surface area contributed by atoms with Crippen molar-refractivity contribution in [2.45, 2.75) is 13.8 Å². The molecule has 8 nitrogen and oxygen atoms in total. The van der Waals surface area contributed by atoms with Crippen molar-refractivity contribution in [1.82, 2.24) is 0 Å². The lowest BCUT2D eigenvalue weighted by molar-refractivity contribution is -0.00689. The van der Waals surface area contributed by atoms with E-state index >= 15 is 0 Å². The molecule has 24 heavy (non-hydrogen) atoms. The third-order valence-electron chi connectivity index (χ3n) is 2.71. The van der Waals surface area contributed by atoms with Crippen LogP contribution in [0.3, 0.4) is 0 Å². The first-order chi connectivity index (χ1) is 11.7. The summed E-state index contributed by atoms with van der Waals surface area (Å²) in [5.74, 6) is 0. The predicted molar refractivity (Wildman–Crippen MR) is 90.9 cm³/mol. The average Bonchev–Trinajstić information content (AvgIpc) is 2.55. The van der Waals surface area contributed by atoms with E-state index in [1.54, 1.807) is 21.0 Å². The van der Waals surface area contributed by atoms with Gasteiger partial charge >= 0.3 is 7.60 Å². The van der Waals surface area contributed by atoms with Gasteiger partial charge in [-0.1, -0.05) is 0 Å². The third-order valence-corrected chi connectivity index (χ3v) is 4.74. The maximum absolute atomic E-state index is 12.1. The molecule has 0 aromatic rings. The van der Waals surface area contributed by atoms with E-state index in [4.69, 9.17) is 32.7 Å². The molecule has 0 aliphatic rings. The summed E-state index contributed by atoms with van der Waals surface area (Å²) in [6.07, 6.45) is 0.251. The van der Waals surface area contributed by atoms with E-state index in [1.165, 1.54) is 0 Å². The first-order valence-corrected chi connectivity index (χ1v) is 10.1. The van der Waals surface area contributed by atoms with Crippen molar-refractivity contribution in [3.8, 4) is 0 Å². The smallest absolute Gasteiger partial charge is 0.332 e. The lowest BCUT2D eigenvalue weighted by Gasteiger charge is -2.16. The zero-order chi connectivity index (χ0) is 17.9. The monoisotopic (exact) mass is 372 g/mol. The van der Waals surface area contributed by atoms with Gasteiger partial charge in [0.1, 0.15) is 0 Å². The number of methoxy groups -OCH3 is 1. The molecule has 0 bridgehead atoms. The van der Waals surface area contributed by atoms with Crippen LogP contribution in [0.1, 0.15) is 13.8 Å². The zero-order valence-corrected chi connectivity index (χ0v) is 16.1. The van der Waals surface area contributed by atoms with Crippen LogP contribution in [0.25, 0.3) is 0 Å². The minimum absolute atomic E-state index is 0.251. The molecule has 9 heteroatoms. The maximum atomic E-state index is 12.1. The van der Waals surface area contributed by atoms with Gasteiger partial charge in [-0.25, -0.2) is 0 Å². The standard InChI is InChI=1S/C15H33O8P/c1-4-22-24(16,23-5-2)15-14-21-13-12-20-11-10-19-9-8-18-7-6-17-3/h4-15H2,1-3H3. The molecule has 0 atom stereocenters. The van der Waals surface area contributed by atoms with Crippen molar-refractivity contribution < 1.29 is 37.3 Å². The first kappa shape index (κ1) is 23.9. The SMILES string of the molecule is CCOP(=O)(CCOCCOCCOCCOCCOC)OCC. The molecule has 0 amide bonds. The van der Waals surface area contributed by atoms with E-state index in [1.807, 2.05) is 0 Å². The summed E-state index contributed by atoms with van der Waals surface area (Å²) in [4.78, 5) is 0. The highest BCUT2D eigenvalue weighted by Gasteiger charge is 2.22. The largest absolute Gasteiger partial charge is 0.382 e. The van der Waals surface area contributed by atoms with Gasteiger partial charge in [-0.05, 0) is 13.8 Å². The Hall–Kier alpha value is -0.0500. The van der Waals surface area contributed by atoms with Crippen LogP contribution < -0.4 is 0 Å². The van der Waals surface area contributed by atoms with Gasteiger partial charge in [0.15, 0.2) is 0 Å². The Morgan fingerprint density at radius 3 is 1.38 bits per heavy atom. The second kappa shape index (κ2) is 17.8. The Labute approximate surface area is 145 Å². The molecule has 0 radical (unpaired) electrons. The summed E-state index contributed by atoms with van der Waals surface area (Å²) in [7, 11) is -1.37. The lowest BCUT2D eigenvalue weighted by atomic mass is 10.7. The fraction of sp³-hybridized carbons (Fsp3) is 1.00. The Bertz CT molecular complexity index is 293. The van der Waals surface area contributed by atoms with E-state index in [-0.39, 0.29) is 6.16 Å². The van der Waals surface area contributed by atoms with Gasteiger partial charge < -0.3 is 32.7 Å². The van der Waals surface area contributed by atoms with Crippen LogP contribution in [0.4, 0.5) is 0 Å². The molecule has 0 N–H and O–H groups in total. The number of hydrogen-bond donors (Lipinski definition) is 0. The lowest BCUT2D eigenvalue weighted by Crippen LogP contribution is -2.14. The zero-order valence-electron chi connectivity index (χ0n) is 15.2. The van der Waals surface area contributed by atoms with Gasteiger partial charge in [0.25, 0.3) is 0 Å².